The fourth-order valence-corrected chi connectivity index (χ4v) is 2.80. The maximum atomic E-state index is 12.3. The van der Waals surface area contributed by atoms with Gasteiger partial charge in [0.05, 0.1) is 11.9 Å². The molecule has 0 bridgehead atoms. The number of carbonyl (C=O) groups is 2. The number of carbonyl (C=O) groups excluding carboxylic acids is 2. The summed E-state index contributed by atoms with van der Waals surface area (Å²) in [5.41, 5.74) is 1.43. The summed E-state index contributed by atoms with van der Waals surface area (Å²) in [6.07, 6.45) is 3.09. The molecule has 26 heavy (non-hydrogen) atoms. The van der Waals surface area contributed by atoms with Crippen LogP contribution in [0.2, 0.25) is 0 Å². The third kappa shape index (κ3) is 4.95. The molecule has 1 aromatic heterocycles. The van der Waals surface area contributed by atoms with Crippen molar-refractivity contribution in [3.8, 4) is 5.88 Å². The molecule has 0 saturated carbocycles. The van der Waals surface area contributed by atoms with Crippen LogP contribution < -0.4 is 15.4 Å². The molecule has 1 fully saturated rings. The molecule has 2 N–H and O–H groups in total. The molecule has 2 heterocycles. The van der Waals surface area contributed by atoms with Gasteiger partial charge in [-0.3, -0.25) is 4.79 Å². The van der Waals surface area contributed by atoms with Crippen molar-refractivity contribution in [1.29, 1.82) is 0 Å². The van der Waals surface area contributed by atoms with Crippen LogP contribution in [0.4, 0.5) is 16.2 Å². The van der Waals surface area contributed by atoms with Gasteiger partial charge in [0, 0.05) is 44.6 Å². The quantitative estimate of drug-likeness (QED) is 0.884. The van der Waals surface area contributed by atoms with Crippen LogP contribution in [0.1, 0.15) is 19.8 Å². The zero-order chi connectivity index (χ0) is 18.4. The van der Waals surface area contributed by atoms with Crippen molar-refractivity contribution in [3.05, 3.63) is 48.7 Å². The van der Waals surface area contributed by atoms with Gasteiger partial charge in [0.1, 0.15) is 6.10 Å². The summed E-state index contributed by atoms with van der Waals surface area (Å²) in [5.74, 6) is 0.382. The highest BCUT2D eigenvalue weighted by atomic mass is 16.5. The molecule has 3 rings (SSSR count). The summed E-state index contributed by atoms with van der Waals surface area (Å²) >= 11 is 0. The van der Waals surface area contributed by atoms with Crippen LogP contribution in [0.25, 0.3) is 0 Å². The molecule has 1 aliphatic rings. The number of piperidine rings is 1. The summed E-state index contributed by atoms with van der Waals surface area (Å²) in [6, 6.07) is 12.8. The van der Waals surface area contributed by atoms with Crippen molar-refractivity contribution in [1.82, 2.24) is 9.88 Å². The number of nitrogens with zero attached hydrogens (tertiary/aromatic N) is 2. The molecule has 1 aromatic carbocycles. The van der Waals surface area contributed by atoms with E-state index in [4.69, 9.17) is 4.74 Å². The first-order chi connectivity index (χ1) is 12.6. The smallest absolute Gasteiger partial charge is 0.321 e. The number of ether oxygens (including phenoxy) is 1. The van der Waals surface area contributed by atoms with Gasteiger partial charge in [0.15, 0.2) is 0 Å². The Hall–Kier alpha value is -3.09. The number of rotatable bonds is 4. The van der Waals surface area contributed by atoms with Gasteiger partial charge in [-0.25, -0.2) is 9.78 Å². The third-order valence-corrected chi connectivity index (χ3v) is 4.10. The van der Waals surface area contributed by atoms with Crippen LogP contribution >= 0.6 is 0 Å². The Balaban J connectivity index is 1.46. The van der Waals surface area contributed by atoms with Gasteiger partial charge < -0.3 is 20.3 Å². The number of pyridine rings is 1. The standard InChI is InChI=1S/C19H22N4O3/c1-14(24)21-16-7-8-18(20-13-16)26-17-9-11-23(12-10-17)19(25)22-15-5-3-2-4-6-15/h2-8,13,17H,9-12H2,1H3,(H,21,24)(H,22,25). The molecule has 3 amide bonds. The van der Waals surface area contributed by atoms with E-state index in [1.165, 1.54) is 6.92 Å². The van der Waals surface area contributed by atoms with E-state index in [9.17, 15) is 9.59 Å². The van der Waals surface area contributed by atoms with Gasteiger partial charge in [0.25, 0.3) is 0 Å². The monoisotopic (exact) mass is 354 g/mol. The lowest BCUT2D eigenvalue weighted by atomic mass is 10.1. The van der Waals surface area contributed by atoms with E-state index in [0.29, 0.717) is 24.7 Å². The van der Waals surface area contributed by atoms with E-state index in [1.54, 1.807) is 23.2 Å². The Kier molecular flexibility index (Phi) is 5.68. The lowest BCUT2D eigenvalue weighted by Gasteiger charge is -2.31. The highest BCUT2D eigenvalue weighted by molar-refractivity contribution is 5.89. The normalized spacial score (nSPS) is 14.6. The first-order valence-corrected chi connectivity index (χ1v) is 8.61. The van der Waals surface area contributed by atoms with Crippen LogP contribution in [-0.2, 0) is 4.79 Å². The molecule has 1 saturated heterocycles. The van der Waals surface area contributed by atoms with E-state index in [-0.39, 0.29) is 18.0 Å². The Morgan fingerprint density at radius 2 is 1.77 bits per heavy atom. The van der Waals surface area contributed by atoms with E-state index >= 15 is 0 Å². The fraction of sp³-hybridized carbons (Fsp3) is 0.316. The largest absolute Gasteiger partial charge is 0.474 e. The minimum Gasteiger partial charge on any atom is -0.474 e. The van der Waals surface area contributed by atoms with E-state index in [2.05, 4.69) is 15.6 Å². The molecule has 7 heteroatoms. The fourth-order valence-electron chi connectivity index (χ4n) is 2.80. The number of para-hydroxylation sites is 1. The van der Waals surface area contributed by atoms with E-state index in [0.717, 1.165) is 18.5 Å². The topological polar surface area (TPSA) is 83.6 Å². The first-order valence-electron chi connectivity index (χ1n) is 8.61. The van der Waals surface area contributed by atoms with Crippen LogP contribution in [0.3, 0.4) is 0 Å². The SMILES string of the molecule is CC(=O)Nc1ccc(OC2CCN(C(=O)Nc3ccccc3)CC2)nc1. The number of benzene rings is 1. The summed E-state index contributed by atoms with van der Waals surface area (Å²) in [7, 11) is 0. The van der Waals surface area contributed by atoms with Crippen molar-refractivity contribution in [2.24, 2.45) is 0 Å². The molecule has 2 aromatic rings. The summed E-state index contributed by atoms with van der Waals surface area (Å²) in [5, 5.41) is 5.56. The predicted octanol–water partition coefficient (Wildman–Crippen LogP) is 3.12. The second-order valence-electron chi connectivity index (χ2n) is 6.17. The van der Waals surface area contributed by atoms with Crippen molar-refractivity contribution >= 4 is 23.3 Å². The van der Waals surface area contributed by atoms with Crippen LogP contribution in [-0.4, -0.2) is 41.0 Å². The Morgan fingerprint density at radius 1 is 1.04 bits per heavy atom. The number of amides is 3. The molecule has 7 nitrogen and oxygen atoms in total. The van der Waals surface area contributed by atoms with Crippen LogP contribution in [0.5, 0.6) is 5.88 Å². The number of anilines is 2. The average Bonchev–Trinajstić information content (AvgIpc) is 2.64. The van der Waals surface area contributed by atoms with Gasteiger partial charge in [-0.05, 0) is 18.2 Å². The average molecular weight is 354 g/mol. The number of urea groups is 1. The zero-order valence-electron chi connectivity index (χ0n) is 14.6. The van der Waals surface area contributed by atoms with Crippen molar-refractivity contribution in [2.75, 3.05) is 23.7 Å². The molecule has 136 valence electrons. The second kappa shape index (κ2) is 8.33. The maximum Gasteiger partial charge on any atom is 0.321 e. The summed E-state index contributed by atoms with van der Waals surface area (Å²) in [4.78, 5) is 29.3. The lowest BCUT2D eigenvalue weighted by Crippen LogP contribution is -2.43. The maximum absolute atomic E-state index is 12.3. The van der Waals surface area contributed by atoms with Gasteiger partial charge in [0.2, 0.25) is 11.8 Å². The summed E-state index contributed by atoms with van der Waals surface area (Å²) < 4.78 is 5.88. The number of aromatic nitrogens is 1. The minimum absolute atomic E-state index is 0.0230. The molecule has 0 radical (unpaired) electrons. The molecule has 0 aliphatic carbocycles. The predicted molar refractivity (Wildman–Crippen MR) is 99.2 cm³/mol. The number of likely N-dealkylation sites (tertiary alicyclic amines) is 1. The highest BCUT2D eigenvalue weighted by Crippen LogP contribution is 2.19. The first kappa shape index (κ1) is 17.7. The molecular weight excluding hydrogens is 332 g/mol. The van der Waals surface area contributed by atoms with Crippen LogP contribution in [0, 0.1) is 0 Å². The second-order valence-corrected chi connectivity index (χ2v) is 6.17. The minimum atomic E-state index is -0.137. The highest BCUT2D eigenvalue weighted by Gasteiger charge is 2.24. The van der Waals surface area contributed by atoms with Crippen molar-refractivity contribution < 1.29 is 14.3 Å². The molecule has 0 atom stereocenters. The lowest BCUT2D eigenvalue weighted by molar-refractivity contribution is -0.114. The van der Waals surface area contributed by atoms with Gasteiger partial charge >= 0.3 is 6.03 Å². The molecular formula is C19H22N4O3. The number of hydrogen-bond acceptors (Lipinski definition) is 4. The number of hydrogen-bond donors (Lipinski definition) is 2. The Bertz CT molecular complexity index is 741. The molecule has 0 spiro atoms. The Labute approximate surface area is 152 Å². The molecule has 1 aliphatic heterocycles. The zero-order valence-corrected chi connectivity index (χ0v) is 14.6. The van der Waals surface area contributed by atoms with Crippen molar-refractivity contribution in [2.45, 2.75) is 25.9 Å². The van der Waals surface area contributed by atoms with Crippen LogP contribution in [0.15, 0.2) is 48.7 Å². The molecule has 0 unspecified atom stereocenters. The third-order valence-electron chi connectivity index (χ3n) is 4.10. The van der Waals surface area contributed by atoms with Gasteiger partial charge in [-0.2, -0.15) is 0 Å². The van der Waals surface area contributed by atoms with Gasteiger partial charge in [-0.1, -0.05) is 18.2 Å². The van der Waals surface area contributed by atoms with Gasteiger partial charge in [-0.15, -0.1) is 0 Å². The number of nitrogens with one attached hydrogen (secondary N) is 2. The summed E-state index contributed by atoms with van der Waals surface area (Å²) in [6.45, 7) is 2.72. The Morgan fingerprint density at radius 3 is 2.38 bits per heavy atom. The van der Waals surface area contributed by atoms with E-state index < -0.39 is 0 Å². The van der Waals surface area contributed by atoms with E-state index in [1.807, 2.05) is 30.3 Å². The van der Waals surface area contributed by atoms with Crippen molar-refractivity contribution in [3.63, 3.8) is 0 Å².